The second kappa shape index (κ2) is 8.12. The van der Waals surface area contributed by atoms with E-state index in [4.69, 9.17) is 19.7 Å². The molecule has 0 bridgehead atoms. The van der Waals surface area contributed by atoms with Crippen molar-refractivity contribution in [1.82, 2.24) is 0 Å². The van der Waals surface area contributed by atoms with Gasteiger partial charge in [-0.3, -0.25) is 0 Å². The van der Waals surface area contributed by atoms with Crippen LogP contribution in [0.3, 0.4) is 0 Å². The first-order chi connectivity index (χ1) is 10.7. The second-order valence-corrected chi connectivity index (χ2v) is 5.13. The summed E-state index contributed by atoms with van der Waals surface area (Å²) < 4.78 is 16.7. The van der Waals surface area contributed by atoms with Crippen molar-refractivity contribution >= 4 is 0 Å². The largest absolute Gasteiger partial charge is 0.388 e. The maximum absolute atomic E-state index is 10.4. The van der Waals surface area contributed by atoms with E-state index in [0.717, 1.165) is 5.56 Å². The van der Waals surface area contributed by atoms with Crippen LogP contribution in [0.1, 0.15) is 18.9 Å². The lowest BCUT2D eigenvalue weighted by molar-refractivity contribution is -0.261. The Morgan fingerprint density at radius 2 is 2.09 bits per heavy atom. The van der Waals surface area contributed by atoms with Crippen LogP contribution in [0.15, 0.2) is 35.4 Å². The number of nitrogens with zero attached hydrogens (tertiary/aromatic N) is 3. The normalized spacial score (nSPS) is 31.5. The van der Waals surface area contributed by atoms with E-state index in [-0.39, 0.29) is 0 Å². The number of hydrogen-bond donors (Lipinski definition) is 1. The number of methoxy groups -OCH3 is 1. The maximum atomic E-state index is 10.4. The Kier molecular flexibility index (Phi) is 6.18. The first kappa shape index (κ1) is 16.7. The Bertz CT molecular complexity index is 507. The molecule has 1 aliphatic heterocycles. The summed E-state index contributed by atoms with van der Waals surface area (Å²) in [5, 5.41) is 14.1. The third-order valence-electron chi connectivity index (χ3n) is 3.75. The molecule has 120 valence electrons. The van der Waals surface area contributed by atoms with Gasteiger partial charge in [-0.15, -0.1) is 0 Å². The van der Waals surface area contributed by atoms with Crippen LogP contribution in [-0.4, -0.2) is 42.9 Å². The van der Waals surface area contributed by atoms with E-state index in [1.807, 2.05) is 37.3 Å². The molecule has 3 unspecified atom stereocenters. The monoisotopic (exact) mass is 307 g/mol. The van der Waals surface area contributed by atoms with Gasteiger partial charge in [0.25, 0.3) is 0 Å². The Morgan fingerprint density at radius 3 is 2.68 bits per heavy atom. The lowest BCUT2D eigenvalue weighted by Crippen LogP contribution is -2.57. The highest BCUT2D eigenvalue weighted by Gasteiger charge is 2.45. The summed E-state index contributed by atoms with van der Waals surface area (Å²) in [6.07, 6.45) is -2.11. The quantitative estimate of drug-likeness (QED) is 0.495. The lowest BCUT2D eigenvalue weighted by atomic mass is 9.95. The van der Waals surface area contributed by atoms with Crippen molar-refractivity contribution in [3.63, 3.8) is 0 Å². The predicted molar refractivity (Wildman–Crippen MR) is 79.9 cm³/mol. The molecule has 0 aromatic heterocycles. The van der Waals surface area contributed by atoms with Crippen molar-refractivity contribution in [2.75, 3.05) is 7.11 Å². The van der Waals surface area contributed by atoms with Crippen molar-refractivity contribution in [1.29, 1.82) is 0 Å². The summed E-state index contributed by atoms with van der Waals surface area (Å²) in [5.41, 5.74) is 9.73. The smallest absolute Gasteiger partial charge is 0.168 e. The minimum absolute atomic E-state index is 0.312. The van der Waals surface area contributed by atoms with Gasteiger partial charge in [-0.25, -0.2) is 0 Å². The molecule has 5 atom stereocenters. The highest BCUT2D eigenvalue weighted by atomic mass is 16.7. The Labute approximate surface area is 129 Å². The predicted octanol–water partition coefficient (Wildman–Crippen LogP) is 2.39. The molecule has 1 aromatic carbocycles. The number of azide groups is 1. The molecule has 0 radical (unpaired) electrons. The van der Waals surface area contributed by atoms with Gasteiger partial charge in [-0.2, -0.15) is 0 Å². The number of hydrogen-bond acceptors (Lipinski definition) is 5. The fourth-order valence-electron chi connectivity index (χ4n) is 2.58. The van der Waals surface area contributed by atoms with Crippen LogP contribution < -0.4 is 0 Å². The van der Waals surface area contributed by atoms with E-state index in [9.17, 15) is 5.11 Å². The molecule has 1 fully saturated rings. The van der Waals surface area contributed by atoms with Crippen LogP contribution in [0.2, 0.25) is 0 Å². The highest BCUT2D eigenvalue weighted by molar-refractivity contribution is 5.13. The fraction of sp³-hybridized carbons (Fsp3) is 0.600. The number of benzene rings is 1. The van der Waals surface area contributed by atoms with Crippen LogP contribution >= 0.6 is 0 Å². The third-order valence-corrected chi connectivity index (χ3v) is 3.75. The molecule has 0 aliphatic carbocycles. The summed E-state index contributed by atoms with van der Waals surface area (Å²) in [6.45, 7) is 2.22. The summed E-state index contributed by atoms with van der Waals surface area (Å²) in [6, 6.07) is 8.87. The minimum atomic E-state index is -0.879. The van der Waals surface area contributed by atoms with E-state index >= 15 is 0 Å². The standard InChI is InChI=1S/C15H21N3O4/c1-3-11-13(19)14(12(17-18-16)15(20-2)22-11)21-9-10-7-5-4-6-8-10/h4-8,11-15,19H,3,9H2,1-2H3/t11?,12-,13?,14-,15?/m0/s1. The van der Waals surface area contributed by atoms with Crippen molar-refractivity contribution in [3.8, 4) is 0 Å². The Morgan fingerprint density at radius 1 is 1.36 bits per heavy atom. The van der Waals surface area contributed by atoms with Crippen molar-refractivity contribution < 1.29 is 19.3 Å². The molecule has 1 heterocycles. The van der Waals surface area contributed by atoms with Gasteiger partial charge in [0, 0.05) is 12.0 Å². The molecule has 7 heteroatoms. The Balaban J connectivity index is 2.15. The Hall–Kier alpha value is -1.63. The van der Waals surface area contributed by atoms with Crippen molar-refractivity contribution in [2.24, 2.45) is 5.11 Å². The van der Waals surface area contributed by atoms with E-state index in [2.05, 4.69) is 10.0 Å². The molecular weight excluding hydrogens is 286 g/mol. The van der Waals surface area contributed by atoms with Gasteiger partial charge in [-0.1, -0.05) is 42.4 Å². The summed E-state index contributed by atoms with van der Waals surface area (Å²) >= 11 is 0. The molecule has 7 nitrogen and oxygen atoms in total. The molecular formula is C15H21N3O4. The van der Waals surface area contributed by atoms with E-state index in [1.165, 1.54) is 7.11 Å². The van der Waals surface area contributed by atoms with Gasteiger partial charge in [0.05, 0.1) is 18.8 Å². The van der Waals surface area contributed by atoms with E-state index in [1.54, 1.807) is 0 Å². The molecule has 0 spiro atoms. The van der Waals surface area contributed by atoms with Crippen molar-refractivity contribution in [3.05, 3.63) is 46.3 Å². The molecule has 1 N–H and O–H groups in total. The summed E-state index contributed by atoms with van der Waals surface area (Å²) in [5.74, 6) is 0. The maximum Gasteiger partial charge on any atom is 0.168 e. The van der Waals surface area contributed by atoms with Crippen LogP contribution in [-0.2, 0) is 20.8 Å². The van der Waals surface area contributed by atoms with Gasteiger partial charge in [0.15, 0.2) is 6.29 Å². The van der Waals surface area contributed by atoms with E-state index in [0.29, 0.717) is 13.0 Å². The summed E-state index contributed by atoms with van der Waals surface area (Å²) in [7, 11) is 1.48. The SMILES string of the molecule is CCC1OC(OC)[C@@H](N=[N+]=[N-])[C@H](OCc2ccccc2)C1O. The van der Waals surface area contributed by atoms with Crippen LogP contribution in [0.4, 0.5) is 0 Å². The average Bonchev–Trinajstić information content (AvgIpc) is 2.56. The highest BCUT2D eigenvalue weighted by Crippen LogP contribution is 2.28. The number of rotatable bonds is 6. The zero-order chi connectivity index (χ0) is 15.9. The molecule has 1 saturated heterocycles. The number of aliphatic hydroxyl groups excluding tert-OH is 1. The summed E-state index contributed by atoms with van der Waals surface area (Å²) in [4.78, 5) is 2.82. The lowest BCUT2D eigenvalue weighted by Gasteiger charge is -2.42. The fourth-order valence-corrected chi connectivity index (χ4v) is 2.58. The van der Waals surface area contributed by atoms with Crippen LogP contribution in [0.25, 0.3) is 10.4 Å². The van der Waals surface area contributed by atoms with Crippen molar-refractivity contribution in [2.45, 2.75) is 50.6 Å². The van der Waals surface area contributed by atoms with Crippen LogP contribution in [0, 0.1) is 0 Å². The number of aliphatic hydroxyl groups is 1. The molecule has 2 rings (SSSR count). The van der Waals surface area contributed by atoms with Gasteiger partial charge in [0.1, 0.15) is 12.1 Å². The second-order valence-electron chi connectivity index (χ2n) is 5.13. The molecule has 22 heavy (non-hydrogen) atoms. The van der Waals surface area contributed by atoms with Gasteiger partial charge in [-0.05, 0) is 17.5 Å². The topological polar surface area (TPSA) is 96.7 Å². The van der Waals surface area contributed by atoms with Gasteiger partial charge in [0.2, 0.25) is 0 Å². The first-order valence-corrected chi connectivity index (χ1v) is 7.27. The van der Waals surface area contributed by atoms with E-state index < -0.39 is 30.6 Å². The molecule has 0 saturated carbocycles. The third kappa shape index (κ3) is 3.76. The number of ether oxygens (including phenoxy) is 3. The average molecular weight is 307 g/mol. The van der Waals surface area contributed by atoms with Gasteiger partial charge < -0.3 is 19.3 Å². The molecule has 1 aliphatic rings. The zero-order valence-corrected chi connectivity index (χ0v) is 12.7. The minimum Gasteiger partial charge on any atom is -0.388 e. The zero-order valence-electron chi connectivity index (χ0n) is 12.7. The molecule has 1 aromatic rings. The van der Waals surface area contributed by atoms with Crippen LogP contribution in [0.5, 0.6) is 0 Å². The molecule has 0 amide bonds. The first-order valence-electron chi connectivity index (χ1n) is 7.27. The van der Waals surface area contributed by atoms with Gasteiger partial charge >= 0.3 is 0 Å².